The van der Waals surface area contributed by atoms with E-state index >= 15 is 0 Å². The molecule has 5 nitrogen and oxygen atoms in total. The minimum atomic E-state index is -3.54. The van der Waals surface area contributed by atoms with Gasteiger partial charge in [-0.2, -0.15) is 0 Å². The second-order valence-corrected chi connectivity index (χ2v) is 9.87. The van der Waals surface area contributed by atoms with Crippen LogP contribution in [0.5, 0.6) is 0 Å². The summed E-state index contributed by atoms with van der Waals surface area (Å²) in [4.78, 5) is 4.61. The third kappa shape index (κ3) is 4.83. The third-order valence-corrected chi connectivity index (χ3v) is 7.26. The number of anilines is 1. The molecule has 4 rings (SSSR count). The van der Waals surface area contributed by atoms with E-state index in [9.17, 15) is 8.42 Å². The molecule has 0 saturated heterocycles. The van der Waals surface area contributed by atoms with E-state index in [4.69, 9.17) is 23.2 Å². The molecule has 0 atom stereocenters. The number of pyridine rings is 1. The molecule has 1 aromatic heterocycles. The highest BCUT2D eigenvalue weighted by Crippen LogP contribution is 2.28. The van der Waals surface area contributed by atoms with Crippen LogP contribution in [-0.2, 0) is 10.0 Å². The zero-order valence-electron chi connectivity index (χ0n) is 15.6. The molecular formula is C21H21Cl2N3O2S. The van der Waals surface area contributed by atoms with Crippen molar-refractivity contribution in [3.63, 3.8) is 0 Å². The number of nitrogens with one attached hydrogen (secondary N) is 2. The van der Waals surface area contributed by atoms with E-state index < -0.39 is 10.0 Å². The summed E-state index contributed by atoms with van der Waals surface area (Å²) in [6.45, 7) is 0. The smallest absolute Gasteiger partial charge is 0.240 e. The van der Waals surface area contributed by atoms with Gasteiger partial charge in [0.25, 0.3) is 0 Å². The number of hydrogen-bond acceptors (Lipinski definition) is 4. The van der Waals surface area contributed by atoms with Crippen molar-refractivity contribution in [3.8, 4) is 0 Å². The molecule has 2 aromatic carbocycles. The lowest BCUT2D eigenvalue weighted by Gasteiger charge is -2.30. The van der Waals surface area contributed by atoms with Gasteiger partial charge in [0.05, 0.1) is 10.4 Å². The van der Waals surface area contributed by atoms with Gasteiger partial charge in [0.2, 0.25) is 10.0 Å². The van der Waals surface area contributed by atoms with Gasteiger partial charge in [-0.25, -0.2) is 13.1 Å². The lowest BCUT2D eigenvalue weighted by Crippen LogP contribution is -2.40. The Morgan fingerprint density at radius 2 is 1.52 bits per heavy atom. The molecule has 8 heteroatoms. The van der Waals surface area contributed by atoms with Gasteiger partial charge in [0.15, 0.2) is 0 Å². The first kappa shape index (κ1) is 20.4. The minimum absolute atomic E-state index is 0.0679. The Morgan fingerprint density at radius 3 is 2.24 bits per heavy atom. The van der Waals surface area contributed by atoms with Crippen molar-refractivity contribution in [2.75, 3.05) is 5.32 Å². The fourth-order valence-corrected chi connectivity index (χ4v) is 5.32. The van der Waals surface area contributed by atoms with Crippen molar-refractivity contribution < 1.29 is 8.42 Å². The highest BCUT2D eigenvalue weighted by molar-refractivity contribution is 7.89. The normalized spacial score (nSPS) is 19.9. The predicted molar refractivity (Wildman–Crippen MR) is 118 cm³/mol. The number of aromatic nitrogens is 1. The topological polar surface area (TPSA) is 71.1 Å². The number of halogens is 2. The van der Waals surface area contributed by atoms with Crippen LogP contribution in [-0.4, -0.2) is 25.5 Å². The van der Waals surface area contributed by atoms with Gasteiger partial charge in [-0.1, -0.05) is 23.2 Å². The molecule has 1 saturated carbocycles. The van der Waals surface area contributed by atoms with Crippen molar-refractivity contribution in [1.82, 2.24) is 9.71 Å². The Morgan fingerprint density at radius 1 is 0.862 bits per heavy atom. The van der Waals surface area contributed by atoms with Crippen LogP contribution < -0.4 is 10.0 Å². The van der Waals surface area contributed by atoms with Crippen molar-refractivity contribution in [3.05, 3.63) is 64.8 Å². The van der Waals surface area contributed by atoms with Crippen molar-refractivity contribution in [2.24, 2.45) is 0 Å². The van der Waals surface area contributed by atoms with E-state index in [0.717, 1.165) is 42.3 Å². The maximum Gasteiger partial charge on any atom is 0.240 e. The van der Waals surface area contributed by atoms with E-state index in [1.807, 2.05) is 24.3 Å². The molecule has 0 aliphatic heterocycles. The van der Waals surface area contributed by atoms with E-state index in [1.54, 1.807) is 18.3 Å². The Hall–Kier alpha value is -1.86. The molecule has 0 amide bonds. The minimum Gasteiger partial charge on any atom is -0.382 e. The summed E-state index contributed by atoms with van der Waals surface area (Å²) in [6.07, 6.45) is 5.09. The molecule has 0 unspecified atom stereocenters. The molecule has 1 fully saturated rings. The highest BCUT2D eigenvalue weighted by atomic mass is 35.5. The second kappa shape index (κ2) is 8.48. The summed E-state index contributed by atoms with van der Waals surface area (Å²) >= 11 is 11.9. The molecule has 1 heterocycles. The largest absolute Gasteiger partial charge is 0.382 e. The van der Waals surface area contributed by atoms with Gasteiger partial charge in [-0.15, -0.1) is 0 Å². The molecule has 1 aliphatic carbocycles. The molecular weight excluding hydrogens is 429 g/mol. The fraction of sp³-hybridized carbons (Fsp3) is 0.286. The maximum atomic E-state index is 12.6. The zero-order chi connectivity index (χ0) is 20.4. The Labute approximate surface area is 180 Å². The molecule has 1 aliphatic rings. The molecule has 29 heavy (non-hydrogen) atoms. The Kier molecular flexibility index (Phi) is 5.97. The highest BCUT2D eigenvalue weighted by Gasteiger charge is 2.26. The number of nitrogens with zero attached hydrogens (tertiary/aromatic N) is 1. The molecule has 3 aromatic rings. The fourth-order valence-electron chi connectivity index (χ4n) is 3.72. The predicted octanol–water partition coefficient (Wildman–Crippen LogP) is 5.24. The second-order valence-electron chi connectivity index (χ2n) is 7.29. The molecule has 152 valence electrons. The van der Waals surface area contributed by atoms with Crippen LogP contribution in [0.3, 0.4) is 0 Å². The lowest BCUT2D eigenvalue weighted by atomic mass is 9.91. The Balaban J connectivity index is 1.38. The zero-order valence-corrected chi connectivity index (χ0v) is 17.9. The van der Waals surface area contributed by atoms with Gasteiger partial charge in [-0.05, 0) is 74.2 Å². The summed E-state index contributed by atoms with van der Waals surface area (Å²) in [5.74, 6) is 0. The Bertz CT molecular complexity index is 1110. The van der Waals surface area contributed by atoms with Gasteiger partial charge in [0.1, 0.15) is 0 Å². The third-order valence-electron chi connectivity index (χ3n) is 5.24. The van der Waals surface area contributed by atoms with Crippen LogP contribution in [0, 0.1) is 0 Å². The first-order chi connectivity index (χ1) is 13.9. The van der Waals surface area contributed by atoms with Crippen LogP contribution >= 0.6 is 23.2 Å². The number of benzene rings is 2. The molecule has 0 spiro atoms. The van der Waals surface area contributed by atoms with Gasteiger partial charge >= 0.3 is 0 Å². The number of hydrogen-bond donors (Lipinski definition) is 2. The van der Waals surface area contributed by atoms with Crippen LogP contribution in [0.1, 0.15) is 25.7 Å². The summed E-state index contributed by atoms with van der Waals surface area (Å²) in [7, 11) is -3.54. The van der Waals surface area contributed by atoms with Crippen molar-refractivity contribution in [1.29, 1.82) is 0 Å². The monoisotopic (exact) mass is 449 g/mol. The standard InChI is InChI=1S/C21H21Cl2N3O2S/c22-14-1-8-18(9-2-14)29(27,28)26-17-6-4-16(5-7-17)25-20-11-12-24-21-13-15(23)3-10-19(20)21/h1-3,8-13,16-17,26H,4-7H2,(H,24,25). The van der Waals surface area contributed by atoms with Crippen LogP contribution in [0.25, 0.3) is 10.9 Å². The molecule has 2 N–H and O–H groups in total. The van der Waals surface area contributed by atoms with Gasteiger partial charge in [-0.3, -0.25) is 4.98 Å². The average molecular weight is 450 g/mol. The van der Waals surface area contributed by atoms with E-state index in [1.165, 1.54) is 12.1 Å². The SMILES string of the molecule is O=S(=O)(NC1CCC(Nc2ccnc3cc(Cl)ccc23)CC1)c1ccc(Cl)cc1. The number of fused-ring (bicyclic) bond motifs is 1. The molecule has 0 bridgehead atoms. The first-order valence-corrected chi connectivity index (χ1v) is 11.7. The van der Waals surface area contributed by atoms with E-state index in [2.05, 4.69) is 15.0 Å². The number of sulfonamides is 1. The summed E-state index contributed by atoms with van der Waals surface area (Å²) in [6, 6.07) is 14.1. The lowest BCUT2D eigenvalue weighted by molar-refractivity contribution is 0.387. The van der Waals surface area contributed by atoms with E-state index in [-0.39, 0.29) is 17.0 Å². The van der Waals surface area contributed by atoms with Crippen LogP contribution in [0.15, 0.2) is 59.6 Å². The first-order valence-electron chi connectivity index (χ1n) is 9.49. The summed E-state index contributed by atoms with van der Waals surface area (Å²) in [5.41, 5.74) is 1.88. The quantitative estimate of drug-likeness (QED) is 0.558. The summed E-state index contributed by atoms with van der Waals surface area (Å²) in [5, 5.41) is 5.80. The number of rotatable bonds is 5. The van der Waals surface area contributed by atoms with E-state index in [0.29, 0.717) is 10.0 Å². The average Bonchev–Trinajstić information content (AvgIpc) is 2.69. The molecule has 0 radical (unpaired) electrons. The van der Waals surface area contributed by atoms with Gasteiger partial charge < -0.3 is 5.32 Å². The van der Waals surface area contributed by atoms with Crippen molar-refractivity contribution >= 4 is 49.8 Å². The van der Waals surface area contributed by atoms with Gasteiger partial charge in [0, 0.05) is 39.4 Å². The summed E-state index contributed by atoms with van der Waals surface area (Å²) < 4.78 is 28.0. The van der Waals surface area contributed by atoms with Crippen LogP contribution in [0.2, 0.25) is 10.0 Å². The van der Waals surface area contributed by atoms with Crippen LogP contribution in [0.4, 0.5) is 5.69 Å². The maximum absolute atomic E-state index is 12.6. The van der Waals surface area contributed by atoms with Crippen molar-refractivity contribution in [2.45, 2.75) is 42.7 Å².